The van der Waals surface area contributed by atoms with Gasteiger partial charge < -0.3 is 5.32 Å². The molecule has 2 nitrogen and oxygen atoms in total. The summed E-state index contributed by atoms with van der Waals surface area (Å²) in [4.78, 5) is 4.36. The second-order valence-electron chi connectivity index (χ2n) is 3.91. The van der Waals surface area contributed by atoms with E-state index in [2.05, 4.69) is 36.3 Å². The molecule has 1 aromatic rings. The predicted molar refractivity (Wildman–Crippen MR) is 49.1 cm³/mol. The summed E-state index contributed by atoms with van der Waals surface area (Å²) < 4.78 is 0. The van der Waals surface area contributed by atoms with Crippen molar-refractivity contribution in [3.63, 3.8) is 0 Å². The maximum atomic E-state index is 4.36. The fourth-order valence-electron chi connectivity index (χ4n) is 1.67. The lowest BCUT2D eigenvalue weighted by molar-refractivity contribution is 0.204. The molecular formula is C10H14N2. The van der Waals surface area contributed by atoms with E-state index in [0.29, 0.717) is 5.92 Å². The fourth-order valence-corrected chi connectivity index (χ4v) is 1.67. The van der Waals surface area contributed by atoms with E-state index in [1.807, 2.05) is 12.3 Å². The molecule has 2 heteroatoms. The van der Waals surface area contributed by atoms with Gasteiger partial charge in [-0.3, -0.25) is 4.98 Å². The van der Waals surface area contributed by atoms with Crippen LogP contribution >= 0.6 is 0 Å². The quantitative estimate of drug-likeness (QED) is 0.677. The van der Waals surface area contributed by atoms with Gasteiger partial charge in [-0.05, 0) is 26.0 Å². The summed E-state index contributed by atoms with van der Waals surface area (Å²) in [5.74, 6) is 0.582. The van der Waals surface area contributed by atoms with Gasteiger partial charge in [0.15, 0.2) is 0 Å². The van der Waals surface area contributed by atoms with Crippen molar-refractivity contribution in [1.82, 2.24) is 10.3 Å². The Balaban J connectivity index is 2.22. The van der Waals surface area contributed by atoms with Crippen molar-refractivity contribution >= 4 is 0 Å². The summed E-state index contributed by atoms with van der Waals surface area (Å²) in [6.45, 7) is 5.50. The van der Waals surface area contributed by atoms with Crippen LogP contribution in [0.2, 0.25) is 0 Å². The molecule has 0 bridgehead atoms. The summed E-state index contributed by atoms with van der Waals surface area (Å²) in [5, 5.41) is 3.39. The van der Waals surface area contributed by atoms with E-state index in [4.69, 9.17) is 0 Å². The van der Waals surface area contributed by atoms with Gasteiger partial charge in [0.05, 0.1) is 0 Å². The van der Waals surface area contributed by atoms with Gasteiger partial charge in [-0.1, -0.05) is 6.07 Å². The Bertz CT molecular complexity index is 266. The highest BCUT2D eigenvalue weighted by molar-refractivity contribution is 5.20. The first-order valence-electron chi connectivity index (χ1n) is 4.36. The molecule has 12 heavy (non-hydrogen) atoms. The first-order valence-corrected chi connectivity index (χ1v) is 4.36. The zero-order valence-electron chi connectivity index (χ0n) is 7.54. The summed E-state index contributed by atoms with van der Waals surface area (Å²) in [6, 6.07) is 6.12. The molecular weight excluding hydrogens is 148 g/mol. The Morgan fingerprint density at radius 1 is 1.50 bits per heavy atom. The van der Waals surface area contributed by atoms with Crippen LogP contribution in [0.5, 0.6) is 0 Å². The van der Waals surface area contributed by atoms with Crippen molar-refractivity contribution in [2.45, 2.75) is 25.3 Å². The van der Waals surface area contributed by atoms with Gasteiger partial charge in [0, 0.05) is 29.9 Å². The lowest BCUT2D eigenvalue weighted by Crippen LogP contribution is -2.59. The number of nitrogens with zero attached hydrogens (tertiary/aromatic N) is 1. The number of aromatic nitrogens is 1. The topological polar surface area (TPSA) is 24.9 Å². The van der Waals surface area contributed by atoms with Crippen LogP contribution in [0.25, 0.3) is 0 Å². The molecule has 2 rings (SSSR count). The Hall–Kier alpha value is -0.890. The maximum Gasteiger partial charge on any atom is 0.0465 e. The summed E-state index contributed by atoms with van der Waals surface area (Å²) in [5.41, 5.74) is 1.44. The lowest BCUT2D eigenvalue weighted by Gasteiger charge is -2.45. The third-order valence-corrected chi connectivity index (χ3v) is 2.68. The number of rotatable bonds is 1. The highest BCUT2D eigenvalue weighted by Crippen LogP contribution is 2.33. The molecule has 64 valence electrons. The summed E-state index contributed by atoms with van der Waals surface area (Å²) in [7, 11) is 0. The molecule has 1 aliphatic rings. The maximum absolute atomic E-state index is 4.36. The van der Waals surface area contributed by atoms with Crippen LogP contribution in [0.1, 0.15) is 25.5 Å². The predicted octanol–water partition coefficient (Wildman–Crippen LogP) is 1.55. The van der Waals surface area contributed by atoms with Gasteiger partial charge in [0.25, 0.3) is 0 Å². The molecule has 1 N–H and O–H groups in total. The van der Waals surface area contributed by atoms with Crippen molar-refractivity contribution in [3.05, 3.63) is 30.1 Å². The largest absolute Gasteiger partial charge is 0.310 e. The van der Waals surface area contributed by atoms with Gasteiger partial charge in [-0.25, -0.2) is 0 Å². The van der Waals surface area contributed by atoms with Crippen LogP contribution < -0.4 is 5.32 Å². The Morgan fingerprint density at radius 3 is 2.75 bits per heavy atom. The van der Waals surface area contributed by atoms with Gasteiger partial charge in [-0.15, -0.1) is 0 Å². The molecule has 1 unspecified atom stereocenters. The van der Waals surface area contributed by atoms with Gasteiger partial charge >= 0.3 is 0 Å². The van der Waals surface area contributed by atoms with E-state index >= 15 is 0 Å². The average Bonchev–Trinajstić information content (AvgIpc) is 2.05. The number of hydrogen-bond donors (Lipinski definition) is 1. The minimum absolute atomic E-state index is 0.231. The second-order valence-corrected chi connectivity index (χ2v) is 3.91. The molecule has 1 saturated heterocycles. The molecule has 0 spiro atoms. The Morgan fingerprint density at radius 2 is 2.33 bits per heavy atom. The number of hydrogen-bond acceptors (Lipinski definition) is 2. The smallest absolute Gasteiger partial charge is 0.0465 e. The standard InChI is InChI=1S/C10H14N2/c1-10(2)8(7-12-10)9-5-3-4-6-11-9/h3-6,8,12H,7H2,1-2H3. The number of nitrogens with one attached hydrogen (secondary N) is 1. The molecule has 2 heterocycles. The van der Waals surface area contributed by atoms with Crippen molar-refractivity contribution in [2.24, 2.45) is 0 Å². The van der Waals surface area contributed by atoms with Crippen molar-refractivity contribution < 1.29 is 0 Å². The molecule has 1 aromatic heterocycles. The minimum Gasteiger partial charge on any atom is -0.310 e. The molecule has 1 aliphatic heterocycles. The highest BCUT2D eigenvalue weighted by atomic mass is 15.1. The van der Waals surface area contributed by atoms with Gasteiger partial charge in [-0.2, -0.15) is 0 Å². The fraction of sp³-hybridized carbons (Fsp3) is 0.500. The molecule has 0 aromatic carbocycles. The highest BCUT2D eigenvalue weighted by Gasteiger charge is 2.39. The monoisotopic (exact) mass is 162 g/mol. The molecule has 1 fully saturated rings. The molecule has 0 aliphatic carbocycles. The first-order chi connectivity index (χ1) is 5.70. The number of pyridine rings is 1. The first kappa shape index (κ1) is 7.74. The van der Waals surface area contributed by atoms with Crippen LogP contribution in [0.3, 0.4) is 0 Å². The van der Waals surface area contributed by atoms with E-state index in [-0.39, 0.29) is 5.54 Å². The summed E-state index contributed by atoms with van der Waals surface area (Å²) in [6.07, 6.45) is 1.86. The van der Waals surface area contributed by atoms with Crippen LogP contribution in [0.4, 0.5) is 0 Å². The van der Waals surface area contributed by atoms with Crippen molar-refractivity contribution in [3.8, 4) is 0 Å². The van der Waals surface area contributed by atoms with Crippen molar-refractivity contribution in [1.29, 1.82) is 0 Å². The van der Waals surface area contributed by atoms with Crippen molar-refractivity contribution in [2.75, 3.05) is 6.54 Å². The van der Waals surface area contributed by atoms with Crippen LogP contribution in [0, 0.1) is 0 Å². The second kappa shape index (κ2) is 2.56. The zero-order chi connectivity index (χ0) is 8.60. The van der Waals surface area contributed by atoms with Gasteiger partial charge in [0.1, 0.15) is 0 Å². The molecule has 1 atom stereocenters. The Kier molecular flexibility index (Phi) is 1.65. The van der Waals surface area contributed by atoms with Crippen LogP contribution in [-0.4, -0.2) is 17.1 Å². The minimum atomic E-state index is 0.231. The van der Waals surface area contributed by atoms with E-state index < -0.39 is 0 Å². The van der Waals surface area contributed by atoms with E-state index in [1.54, 1.807) is 0 Å². The van der Waals surface area contributed by atoms with E-state index in [1.165, 1.54) is 5.69 Å². The van der Waals surface area contributed by atoms with Crippen LogP contribution in [0.15, 0.2) is 24.4 Å². The Labute approximate surface area is 73.0 Å². The molecule has 0 amide bonds. The molecule has 0 radical (unpaired) electrons. The molecule has 0 saturated carbocycles. The summed E-state index contributed by atoms with van der Waals surface area (Å²) >= 11 is 0. The van der Waals surface area contributed by atoms with Crippen LogP contribution in [-0.2, 0) is 0 Å². The average molecular weight is 162 g/mol. The zero-order valence-corrected chi connectivity index (χ0v) is 7.54. The van der Waals surface area contributed by atoms with Gasteiger partial charge in [0.2, 0.25) is 0 Å². The van der Waals surface area contributed by atoms with E-state index in [0.717, 1.165) is 6.54 Å². The lowest BCUT2D eigenvalue weighted by atomic mass is 9.77. The normalized spacial score (nSPS) is 26.3. The SMILES string of the molecule is CC1(C)NCC1c1ccccn1. The third kappa shape index (κ3) is 1.12. The third-order valence-electron chi connectivity index (χ3n) is 2.68. The van der Waals surface area contributed by atoms with E-state index in [9.17, 15) is 0 Å².